The standard InChI is InChI=1S/C19H21N3O2S2/c1-13-4-5-17(12-14(13)2)26(23,24)21-11-8-18-15(3)22-19(25-18)16-6-9-20-10-7-16/h4-7,9-10,12,21H,8,11H2,1-3H3. The molecule has 3 rings (SSSR count). The number of hydrogen-bond donors (Lipinski definition) is 1. The van der Waals surface area contributed by atoms with E-state index in [0.29, 0.717) is 17.9 Å². The lowest BCUT2D eigenvalue weighted by molar-refractivity contribution is 0.581. The van der Waals surface area contributed by atoms with Crippen molar-refractivity contribution >= 4 is 21.4 Å². The second-order valence-corrected chi connectivity index (χ2v) is 9.01. The van der Waals surface area contributed by atoms with E-state index < -0.39 is 10.0 Å². The van der Waals surface area contributed by atoms with E-state index >= 15 is 0 Å². The molecule has 0 radical (unpaired) electrons. The van der Waals surface area contributed by atoms with Crippen molar-refractivity contribution in [3.8, 4) is 10.6 Å². The molecule has 0 aliphatic rings. The predicted molar refractivity (Wildman–Crippen MR) is 105 cm³/mol. The Hall–Kier alpha value is -2.09. The molecule has 0 aliphatic heterocycles. The number of aryl methyl sites for hydroxylation is 3. The van der Waals surface area contributed by atoms with Crippen LogP contribution in [0.15, 0.2) is 47.6 Å². The zero-order chi connectivity index (χ0) is 18.7. The van der Waals surface area contributed by atoms with E-state index in [9.17, 15) is 8.42 Å². The summed E-state index contributed by atoms with van der Waals surface area (Å²) in [6, 6.07) is 9.02. The van der Waals surface area contributed by atoms with Crippen LogP contribution in [0.25, 0.3) is 10.6 Å². The van der Waals surface area contributed by atoms with Crippen LogP contribution in [0.5, 0.6) is 0 Å². The van der Waals surface area contributed by atoms with Gasteiger partial charge in [-0.05, 0) is 62.6 Å². The molecule has 0 saturated carbocycles. The van der Waals surface area contributed by atoms with E-state index in [2.05, 4.69) is 14.7 Å². The van der Waals surface area contributed by atoms with Crippen LogP contribution >= 0.6 is 11.3 Å². The van der Waals surface area contributed by atoms with E-state index in [-0.39, 0.29) is 0 Å². The maximum atomic E-state index is 12.5. The number of nitrogens with zero attached hydrogens (tertiary/aromatic N) is 2. The fourth-order valence-corrected chi connectivity index (χ4v) is 4.73. The summed E-state index contributed by atoms with van der Waals surface area (Å²) in [5.41, 5.74) is 4.00. The molecule has 7 heteroatoms. The van der Waals surface area contributed by atoms with Gasteiger partial charge in [-0.15, -0.1) is 11.3 Å². The number of rotatable bonds is 6. The number of aromatic nitrogens is 2. The Labute approximate surface area is 158 Å². The molecule has 0 saturated heterocycles. The Bertz CT molecular complexity index is 1010. The fourth-order valence-electron chi connectivity index (χ4n) is 2.54. The van der Waals surface area contributed by atoms with Gasteiger partial charge in [-0.25, -0.2) is 18.1 Å². The van der Waals surface area contributed by atoms with Gasteiger partial charge in [0.1, 0.15) is 5.01 Å². The Morgan fingerprint density at radius 1 is 1.04 bits per heavy atom. The van der Waals surface area contributed by atoms with Crippen molar-refractivity contribution in [3.63, 3.8) is 0 Å². The van der Waals surface area contributed by atoms with E-state index in [1.165, 1.54) is 0 Å². The molecule has 1 aromatic carbocycles. The summed E-state index contributed by atoms with van der Waals surface area (Å²) in [7, 11) is -3.50. The van der Waals surface area contributed by atoms with Crippen molar-refractivity contribution in [1.82, 2.24) is 14.7 Å². The molecule has 26 heavy (non-hydrogen) atoms. The molecular weight excluding hydrogens is 366 g/mol. The van der Waals surface area contributed by atoms with Crippen molar-refractivity contribution in [3.05, 3.63) is 64.4 Å². The Morgan fingerprint density at radius 3 is 2.46 bits per heavy atom. The maximum Gasteiger partial charge on any atom is 0.240 e. The summed E-state index contributed by atoms with van der Waals surface area (Å²) in [6.07, 6.45) is 4.09. The lowest BCUT2D eigenvalue weighted by Gasteiger charge is -2.08. The molecule has 2 heterocycles. The molecule has 0 bridgehead atoms. The van der Waals surface area contributed by atoms with Gasteiger partial charge in [0.15, 0.2) is 0 Å². The Balaban J connectivity index is 1.68. The van der Waals surface area contributed by atoms with Gasteiger partial charge in [-0.1, -0.05) is 6.07 Å². The third-order valence-corrected chi connectivity index (χ3v) is 6.98. The highest BCUT2D eigenvalue weighted by Gasteiger charge is 2.15. The smallest absolute Gasteiger partial charge is 0.240 e. The van der Waals surface area contributed by atoms with E-state index in [1.54, 1.807) is 35.9 Å². The highest BCUT2D eigenvalue weighted by Crippen LogP contribution is 2.27. The van der Waals surface area contributed by atoms with Crippen LogP contribution in [0.3, 0.4) is 0 Å². The van der Waals surface area contributed by atoms with Crippen LogP contribution < -0.4 is 4.72 Å². The first kappa shape index (κ1) is 18.7. The van der Waals surface area contributed by atoms with Gasteiger partial charge in [0.05, 0.1) is 10.6 Å². The molecule has 2 aromatic heterocycles. The van der Waals surface area contributed by atoms with Crippen LogP contribution in [0.2, 0.25) is 0 Å². The summed E-state index contributed by atoms with van der Waals surface area (Å²) in [6.45, 7) is 6.17. The van der Waals surface area contributed by atoms with E-state index in [1.807, 2.05) is 39.0 Å². The van der Waals surface area contributed by atoms with Crippen molar-refractivity contribution < 1.29 is 8.42 Å². The summed E-state index contributed by atoms with van der Waals surface area (Å²) >= 11 is 1.59. The Morgan fingerprint density at radius 2 is 1.77 bits per heavy atom. The largest absolute Gasteiger partial charge is 0.265 e. The first-order valence-electron chi connectivity index (χ1n) is 8.30. The van der Waals surface area contributed by atoms with Gasteiger partial charge < -0.3 is 0 Å². The van der Waals surface area contributed by atoms with Gasteiger partial charge in [-0.3, -0.25) is 4.98 Å². The molecule has 0 aliphatic carbocycles. The van der Waals surface area contributed by atoms with E-state index in [0.717, 1.165) is 32.3 Å². The van der Waals surface area contributed by atoms with Crippen LogP contribution in [0.1, 0.15) is 21.7 Å². The quantitative estimate of drug-likeness (QED) is 0.701. The molecule has 0 fully saturated rings. The molecule has 0 unspecified atom stereocenters. The predicted octanol–water partition coefficient (Wildman–Crippen LogP) is 3.65. The molecule has 3 aromatic rings. The van der Waals surface area contributed by atoms with Gasteiger partial charge in [0.25, 0.3) is 0 Å². The molecule has 136 valence electrons. The van der Waals surface area contributed by atoms with Crippen LogP contribution in [0, 0.1) is 20.8 Å². The summed E-state index contributed by atoms with van der Waals surface area (Å²) in [5, 5.41) is 0.928. The first-order chi connectivity index (χ1) is 12.4. The van der Waals surface area contributed by atoms with Crippen molar-refractivity contribution in [2.24, 2.45) is 0 Å². The van der Waals surface area contributed by atoms with Crippen LogP contribution in [-0.4, -0.2) is 24.9 Å². The zero-order valence-corrected chi connectivity index (χ0v) is 16.6. The van der Waals surface area contributed by atoms with Crippen molar-refractivity contribution in [1.29, 1.82) is 0 Å². The number of nitrogens with one attached hydrogen (secondary N) is 1. The topological polar surface area (TPSA) is 72.0 Å². The average Bonchev–Trinajstić information content (AvgIpc) is 2.99. The van der Waals surface area contributed by atoms with Crippen molar-refractivity contribution in [2.45, 2.75) is 32.1 Å². The highest BCUT2D eigenvalue weighted by molar-refractivity contribution is 7.89. The van der Waals surface area contributed by atoms with E-state index in [4.69, 9.17) is 0 Å². The average molecular weight is 388 g/mol. The number of hydrogen-bond acceptors (Lipinski definition) is 5. The van der Waals surface area contributed by atoms with Gasteiger partial charge in [0, 0.05) is 29.4 Å². The fraction of sp³-hybridized carbons (Fsp3) is 0.263. The first-order valence-corrected chi connectivity index (χ1v) is 10.6. The minimum Gasteiger partial charge on any atom is -0.265 e. The minimum absolute atomic E-state index is 0.305. The molecule has 5 nitrogen and oxygen atoms in total. The van der Waals surface area contributed by atoms with Gasteiger partial charge in [-0.2, -0.15) is 0 Å². The molecule has 0 amide bonds. The van der Waals surface area contributed by atoms with Gasteiger partial charge in [0.2, 0.25) is 10.0 Å². The molecule has 1 N–H and O–H groups in total. The minimum atomic E-state index is -3.50. The maximum absolute atomic E-state index is 12.5. The molecule has 0 atom stereocenters. The number of sulfonamides is 1. The summed E-state index contributed by atoms with van der Waals surface area (Å²) in [5.74, 6) is 0. The number of thiazole rings is 1. The third kappa shape index (κ3) is 4.17. The molecular formula is C19H21N3O2S2. The number of pyridine rings is 1. The lowest BCUT2D eigenvalue weighted by atomic mass is 10.1. The van der Waals surface area contributed by atoms with Crippen LogP contribution in [-0.2, 0) is 16.4 Å². The van der Waals surface area contributed by atoms with Crippen molar-refractivity contribution in [2.75, 3.05) is 6.54 Å². The van der Waals surface area contributed by atoms with Crippen LogP contribution in [0.4, 0.5) is 0 Å². The second-order valence-electron chi connectivity index (χ2n) is 6.16. The second kappa shape index (κ2) is 7.65. The summed E-state index contributed by atoms with van der Waals surface area (Å²) < 4.78 is 27.6. The SMILES string of the molecule is Cc1ccc(S(=O)(=O)NCCc2sc(-c3ccncc3)nc2C)cc1C. The zero-order valence-electron chi connectivity index (χ0n) is 15.0. The van der Waals surface area contributed by atoms with Gasteiger partial charge >= 0.3 is 0 Å². The molecule has 0 spiro atoms. The normalized spacial score (nSPS) is 11.7. The lowest BCUT2D eigenvalue weighted by Crippen LogP contribution is -2.26. The summed E-state index contributed by atoms with van der Waals surface area (Å²) in [4.78, 5) is 9.99. The Kier molecular flexibility index (Phi) is 5.50. The third-order valence-electron chi connectivity index (χ3n) is 4.25. The number of benzene rings is 1. The highest BCUT2D eigenvalue weighted by atomic mass is 32.2. The monoisotopic (exact) mass is 387 g/mol.